The van der Waals surface area contributed by atoms with Gasteiger partial charge in [-0.05, 0) is 48.4 Å². The van der Waals surface area contributed by atoms with E-state index in [2.05, 4.69) is 10.9 Å². The first-order chi connectivity index (χ1) is 15.7. The van der Waals surface area contributed by atoms with Crippen LogP contribution in [0, 0.1) is 32.8 Å². The van der Waals surface area contributed by atoms with Gasteiger partial charge in [0.2, 0.25) is 5.69 Å². The second-order valence-electron chi connectivity index (χ2n) is 8.98. The summed E-state index contributed by atoms with van der Waals surface area (Å²) in [5.41, 5.74) is 4.71. The Morgan fingerprint density at radius 3 is 2.53 bits per heavy atom. The third-order valence-electron chi connectivity index (χ3n) is 5.38. The molecule has 0 aliphatic rings. The van der Waals surface area contributed by atoms with E-state index < -0.39 is 11.8 Å². The minimum absolute atomic E-state index is 0.00594. The summed E-state index contributed by atoms with van der Waals surface area (Å²) in [7, 11) is 1.81. The Kier molecular flexibility index (Phi) is 3.65. The van der Waals surface area contributed by atoms with Crippen molar-refractivity contribution in [2.75, 3.05) is 0 Å². The Balaban J connectivity index is 2.21. The molecule has 3 heteroatoms. The van der Waals surface area contributed by atoms with Gasteiger partial charge in [-0.3, -0.25) is 0 Å². The number of fused-ring (bicyclic) bond motifs is 3. The molecule has 2 aromatic carbocycles. The summed E-state index contributed by atoms with van der Waals surface area (Å²) in [6.45, 7) is 18.5. The van der Waals surface area contributed by atoms with Crippen molar-refractivity contribution in [2.24, 2.45) is 12.5 Å². The van der Waals surface area contributed by atoms with E-state index in [4.69, 9.17) is 16.5 Å². The molecule has 0 amide bonds. The second-order valence-corrected chi connectivity index (χ2v) is 8.98. The van der Waals surface area contributed by atoms with E-state index in [0.29, 0.717) is 33.8 Å². The molecule has 0 saturated heterocycles. The zero-order chi connectivity index (χ0) is 25.3. The van der Waals surface area contributed by atoms with Gasteiger partial charge in [0.15, 0.2) is 11.4 Å². The van der Waals surface area contributed by atoms with E-state index in [1.165, 1.54) is 0 Å². The van der Waals surface area contributed by atoms with Crippen molar-refractivity contribution in [2.45, 2.75) is 47.9 Å². The summed E-state index contributed by atoms with van der Waals surface area (Å²) in [6.07, 6.45) is -1.90. The summed E-state index contributed by atoms with van der Waals surface area (Å²) in [6, 6.07) is 7.48. The molecule has 0 radical (unpaired) electrons. The van der Waals surface area contributed by atoms with E-state index in [9.17, 15) is 0 Å². The third-order valence-corrected chi connectivity index (χ3v) is 5.38. The van der Waals surface area contributed by atoms with Crippen molar-refractivity contribution >= 4 is 27.6 Å². The Morgan fingerprint density at radius 1 is 1.13 bits per heavy atom. The summed E-state index contributed by atoms with van der Waals surface area (Å²) < 4.78 is 43.8. The lowest BCUT2D eigenvalue weighted by molar-refractivity contribution is -0.666. The van der Waals surface area contributed by atoms with Gasteiger partial charge in [-0.1, -0.05) is 39.0 Å². The molecule has 0 aliphatic heterocycles. The molecule has 0 atom stereocenters. The smallest absolute Gasteiger partial charge is 0.216 e. The highest BCUT2D eigenvalue weighted by molar-refractivity contribution is 6.12. The lowest BCUT2D eigenvalue weighted by Gasteiger charge is -2.19. The molecule has 0 N–H and O–H groups in total. The minimum atomic E-state index is -1.90. The van der Waals surface area contributed by atoms with Gasteiger partial charge in [0.1, 0.15) is 18.2 Å². The van der Waals surface area contributed by atoms with Gasteiger partial charge < -0.3 is 4.42 Å². The van der Waals surface area contributed by atoms with Gasteiger partial charge in [-0.2, -0.15) is 4.57 Å². The fraction of sp³-hybridized carbons (Fsp3) is 0.333. The molecular formula is C27H29N2O+. The summed E-state index contributed by atoms with van der Waals surface area (Å²) in [4.78, 5) is 3.52. The molecule has 4 rings (SSSR count). The Hall–Kier alpha value is -3.12. The van der Waals surface area contributed by atoms with E-state index in [-0.39, 0.29) is 17.6 Å². The predicted octanol–water partition coefficient (Wildman–Crippen LogP) is 7.14. The maximum absolute atomic E-state index is 9.16. The maximum atomic E-state index is 9.16. The van der Waals surface area contributed by atoms with Crippen LogP contribution < -0.4 is 4.57 Å². The molecule has 4 aromatic rings. The molecule has 0 aliphatic carbocycles. The summed E-state index contributed by atoms with van der Waals surface area (Å²) in [5.74, 6) is 0. The molecule has 3 nitrogen and oxygen atoms in total. The van der Waals surface area contributed by atoms with Crippen LogP contribution in [0.4, 0.5) is 5.69 Å². The minimum Gasteiger partial charge on any atom is -0.456 e. The predicted molar refractivity (Wildman–Crippen MR) is 124 cm³/mol. The number of furan rings is 1. The molecule has 2 aromatic heterocycles. The van der Waals surface area contributed by atoms with E-state index in [1.54, 1.807) is 44.4 Å². The number of benzene rings is 2. The quantitative estimate of drug-likeness (QED) is 0.258. The van der Waals surface area contributed by atoms with E-state index >= 15 is 0 Å². The van der Waals surface area contributed by atoms with Crippen molar-refractivity contribution < 1.29 is 14.5 Å². The van der Waals surface area contributed by atoms with Crippen LogP contribution in [0.25, 0.3) is 38.0 Å². The zero-order valence-electron chi connectivity index (χ0n) is 22.6. The third kappa shape index (κ3) is 3.37. The number of hydrogen-bond acceptors (Lipinski definition) is 1. The molecule has 0 saturated carbocycles. The van der Waals surface area contributed by atoms with Gasteiger partial charge in [0.25, 0.3) is 0 Å². The zero-order valence-corrected chi connectivity index (χ0v) is 18.6. The average Bonchev–Trinajstić information content (AvgIpc) is 3.12. The van der Waals surface area contributed by atoms with Crippen molar-refractivity contribution in [3.05, 3.63) is 70.2 Å². The number of aryl methyl sites for hydroxylation is 2. The second kappa shape index (κ2) is 6.99. The van der Waals surface area contributed by atoms with Crippen LogP contribution in [0.5, 0.6) is 0 Å². The first-order valence-corrected chi connectivity index (χ1v) is 10.1. The highest BCUT2D eigenvalue weighted by Crippen LogP contribution is 2.40. The number of aromatic nitrogens is 1. The first-order valence-electron chi connectivity index (χ1n) is 12.1. The average molecular weight is 402 g/mol. The molecule has 152 valence electrons. The topological polar surface area (TPSA) is 21.4 Å². The molecule has 0 bridgehead atoms. The first kappa shape index (κ1) is 15.7. The molecule has 2 heterocycles. The van der Waals surface area contributed by atoms with Crippen LogP contribution in [0.1, 0.15) is 48.6 Å². The van der Waals surface area contributed by atoms with Gasteiger partial charge in [0.05, 0.1) is 14.9 Å². The normalized spacial score (nSPS) is 14.3. The highest BCUT2D eigenvalue weighted by Gasteiger charge is 2.25. The van der Waals surface area contributed by atoms with Crippen molar-refractivity contribution in [1.82, 2.24) is 0 Å². The summed E-state index contributed by atoms with van der Waals surface area (Å²) in [5, 5.41) is 1.81. The van der Waals surface area contributed by atoms with Gasteiger partial charge in [-0.15, -0.1) is 0 Å². The fourth-order valence-corrected chi connectivity index (χ4v) is 4.00. The fourth-order valence-electron chi connectivity index (χ4n) is 4.00. The van der Waals surface area contributed by atoms with Gasteiger partial charge >= 0.3 is 0 Å². The van der Waals surface area contributed by atoms with Crippen LogP contribution in [0.15, 0.2) is 40.8 Å². The van der Waals surface area contributed by atoms with Crippen molar-refractivity contribution in [1.29, 1.82) is 0 Å². The molecule has 30 heavy (non-hydrogen) atoms. The number of pyridine rings is 1. The van der Waals surface area contributed by atoms with Crippen LogP contribution in [0.3, 0.4) is 0 Å². The summed E-state index contributed by atoms with van der Waals surface area (Å²) >= 11 is 0. The number of nitrogens with zero attached hydrogens (tertiary/aromatic N) is 2. The standard InChI is InChI=1S/C27H29N2O/c1-16-11-17(2)25(22-13-19(15-27(4,5)6)12-18(3)29(22)8)26-24(16)21-10-9-20(28-7)14-23(21)30-26/h9-14H,15H2,1-6,8H3/q+1/i12D,13D,15D2. The van der Waals surface area contributed by atoms with Crippen LogP contribution >= 0.6 is 0 Å². The largest absolute Gasteiger partial charge is 0.456 e. The maximum Gasteiger partial charge on any atom is 0.216 e. The van der Waals surface area contributed by atoms with Gasteiger partial charge in [0, 0.05) is 32.5 Å². The molecule has 0 unspecified atom stereocenters. The molecular weight excluding hydrogens is 368 g/mol. The monoisotopic (exact) mass is 401 g/mol. The Bertz CT molecular complexity index is 1540. The number of hydrogen-bond donors (Lipinski definition) is 0. The van der Waals surface area contributed by atoms with E-state index in [1.807, 2.05) is 27.0 Å². The SMILES string of the molecule is [2H]c1c(C([2H])([2H])C(C)(C)C)c([2H])c(-c2c(C)cc(C)c3c2oc2cc([N+]#[C-])ccc23)[n+](C)c1C. The van der Waals surface area contributed by atoms with E-state index in [0.717, 1.165) is 21.9 Å². The Morgan fingerprint density at radius 2 is 1.87 bits per heavy atom. The van der Waals surface area contributed by atoms with Crippen LogP contribution in [0.2, 0.25) is 0 Å². The molecule has 0 spiro atoms. The number of rotatable bonds is 2. The van der Waals surface area contributed by atoms with Gasteiger partial charge in [-0.25, -0.2) is 4.85 Å². The van der Waals surface area contributed by atoms with Crippen LogP contribution in [-0.2, 0) is 13.4 Å². The lowest BCUT2D eigenvalue weighted by Crippen LogP contribution is -2.35. The Labute approximate surface area is 184 Å². The lowest BCUT2D eigenvalue weighted by atomic mass is 9.87. The molecule has 0 fully saturated rings. The highest BCUT2D eigenvalue weighted by atomic mass is 16.3. The van der Waals surface area contributed by atoms with Crippen LogP contribution in [-0.4, -0.2) is 0 Å². The van der Waals surface area contributed by atoms with Crippen molar-refractivity contribution in [3.8, 4) is 11.3 Å². The van der Waals surface area contributed by atoms with Crippen molar-refractivity contribution in [3.63, 3.8) is 0 Å².